The molecule has 17 heavy (non-hydrogen) atoms. The first kappa shape index (κ1) is 14.0. The van der Waals surface area contributed by atoms with Crippen LogP contribution in [0.2, 0.25) is 0 Å². The van der Waals surface area contributed by atoms with Gasteiger partial charge >= 0.3 is 5.97 Å². The molecule has 98 valence electrons. The predicted octanol–water partition coefficient (Wildman–Crippen LogP) is 1.12. The number of carbonyl (C=O) groups excluding carboxylic acids is 1. The third kappa shape index (κ3) is 5.17. The van der Waals surface area contributed by atoms with Gasteiger partial charge in [0.25, 0.3) is 0 Å². The monoisotopic (exact) mass is 243 g/mol. The van der Waals surface area contributed by atoms with E-state index in [0.717, 1.165) is 12.8 Å². The van der Waals surface area contributed by atoms with Crippen LogP contribution in [-0.4, -0.2) is 47.7 Å². The molecular weight excluding hydrogens is 222 g/mol. The maximum Gasteiger partial charge on any atom is 0.323 e. The summed E-state index contributed by atoms with van der Waals surface area (Å²) in [7, 11) is 1.55. The van der Waals surface area contributed by atoms with Crippen molar-refractivity contribution < 1.29 is 19.4 Å². The van der Waals surface area contributed by atoms with E-state index in [-0.39, 0.29) is 18.9 Å². The highest BCUT2D eigenvalue weighted by Gasteiger charge is 2.30. The topological polar surface area (TPSA) is 66.8 Å². The van der Waals surface area contributed by atoms with Crippen LogP contribution in [0.4, 0.5) is 0 Å². The molecule has 1 fully saturated rings. The fourth-order valence-corrected chi connectivity index (χ4v) is 1.58. The van der Waals surface area contributed by atoms with Gasteiger partial charge in [-0.05, 0) is 32.6 Å². The molecule has 0 saturated heterocycles. The number of ether oxygens (including phenoxy) is 1. The van der Waals surface area contributed by atoms with Crippen molar-refractivity contribution in [2.45, 2.75) is 38.7 Å². The largest absolute Gasteiger partial charge is 0.480 e. The summed E-state index contributed by atoms with van der Waals surface area (Å²) in [5.74, 6) is -0.621. The first-order chi connectivity index (χ1) is 7.84. The maximum atomic E-state index is 12.0. The Hall–Kier alpha value is -1.10. The van der Waals surface area contributed by atoms with Gasteiger partial charge in [0.2, 0.25) is 5.91 Å². The van der Waals surface area contributed by atoms with Crippen molar-refractivity contribution in [2.24, 2.45) is 5.92 Å². The SMILES string of the molecule is COC(C)(C)CC(=O)N(CC(=O)O)CC1CC1. The van der Waals surface area contributed by atoms with Gasteiger partial charge in [-0.1, -0.05) is 0 Å². The Morgan fingerprint density at radius 2 is 2.00 bits per heavy atom. The van der Waals surface area contributed by atoms with E-state index in [1.807, 2.05) is 13.8 Å². The van der Waals surface area contributed by atoms with E-state index in [4.69, 9.17) is 9.84 Å². The maximum absolute atomic E-state index is 12.0. The molecule has 0 atom stereocenters. The minimum atomic E-state index is -0.964. The molecule has 0 aromatic heterocycles. The lowest BCUT2D eigenvalue weighted by Gasteiger charge is -2.27. The summed E-state index contributed by atoms with van der Waals surface area (Å²) in [6.07, 6.45) is 2.40. The Kier molecular flexibility index (Phi) is 4.51. The highest BCUT2D eigenvalue weighted by atomic mass is 16.5. The number of amides is 1. The van der Waals surface area contributed by atoms with Crippen LogP contribution in [0.25, 0.3) is 0 Å². The number of carboxylic acids is 1. The summed E-state index contributed by atoms with van der Waals surface area (Å²) in [6, 6.07) is 0. The standard InChI is InChI=1S/C12H21NO4/c1-12(2,17-3)6-10(14)13(8-11(15)16)7-9-4-5-9/h9H,4-8H2,1-3H3,(H,15,16). The molecule has 0 unspecified atom stereocenters. The Balaban J connectivity index is 2.54. The Bertz CT molecular complexity index is 297. The number of carboxylic acid groups (broad SMARTS) is 1. The number of hydrogen-bond donors (Lipinski definition) is 1. The van der Waals surface area contributed by atoms with E-state index >= 15 is 0 Å². The van der Waals surface area contributed by atoms with E-state index in [1.54, 1.807) is 7.11 Å². The Labute approximate surface area is 102 Å². The lowest BCUT2D eigenvalue weighted by Crippen LogP contribution is -2.41. The van der Waals surface area contributed by atoms with Crippen molar-refractivity contribution in [3.8, 4) is 0 Å². The molecule has 1 rings (SSSR count). The average molecular weight is 243 g/mol. The van der Waals surface area contributed by atoms with Crippen molar-refractivity contribution in [3.05, 3.63) is 0 Å². The van der Waals surface area contributed by atoms with Gasteiger partial charge in [-0.2, -0.15) is 0 Å². The first-order valence-corrected chi connectivity index (χ1v) is 5.89. The molecule has 0 spiro atoms. The summed E-state index contributed by atoms with van der Waals surface area (Å²) in [4.78, 5) is 24.2. The summed E-state index contributed by atoms with van der Waals surface area (Å²) >= 11 is 0. The number of nitrogens with zero attached hydrogens (tertiary/aromatic N) is 1. The molecule has 1 saturated carbocycles. The van der Waals surface area contributed by atoms with Crippen LogP contribution < -0.4 is 0 Å². The van der Waals surface area contributed by atoms with Gasteiger partial charge in [-0.3, -0.25) is 9.59 Å². The van der Waals surface area contributed by atoms with Crippen molar-refractivity contribution >= 4 is 11.9 Å². The molecule has 0 aromatic carbocycles. The molecule has 1 N–H and O–H groups in total. The fourth-order valence-electron chi connectivity index (χ4n) is 1.58. The zero-order valence-electron chi connectivity index (χ0n) is 10.7. The second kappa shape index (κ2) is 5.49. The molecule has 1 amide bonds. The highest BCUT2D eigenvalue weighted by Crippen LogP contribution is 2.30. The number of aliphatic carboxylic acids is 1. The molecule has 1 aliphatic rings. The van der Waals surface area contributed by atoms with Gasteiger partial charge in [0.05, 0.1) is 12.0 Å². The van der Waals surface area contributed by atoms with Crippen LogP contribution in [0.15, 0.2) is 0 Å². The fraction of sp³-hybridized carbons (Fsp3) is 0.833. The number of methoxy groups -OCH3 is 1. The molecule has 5 heteroatoms. The number of carbonyl (C=O) groups is 2. The van der Waals surface area contributed by atoms with E-state index in [1.165, 1.54) is 4.90 Å². The minimum absolute atomic E-state index is 0.147. The van der Waals surface area contributed by atoms with Crippen LogP contribution in [0, 0.1) is 5.92 Å². The normalized spacial score (nSPS) is 15.7. The zero-order valence-corrected chi connectivity index (χ0v) is 10.7. The quantitative estimate of drug-likeness (QED) is 0.727. The van der Waals surface area contributed by atoms with Crippen molar-refractivity contribution in [3.63, 3.8) is 0 Å². The molecule has 0 aromatic rings. The van der Waals surface area contributed by atoms with Gasteiger partial charge in [0.1, 0.15) is 6.54 Å². The molecule has 5 nitrogen and oxygen atoms in total. The van der Waals surface area contributed by atoms with Gasteiger partial charge in [-0.15, -0.1) is 0 Å². The lowest BCUT2D eigenvalue weighted by molar-refractivity contribution is -0.147. The Morgan fingerprint density at radius 3 is 2.41 bits per heavy atom. The average Bonchev–Trinajstić information content (AvgIpc) is 2.99. The minimum Gasteiger partial charge on any atom is -0.480 e. The van der Waals surface area contributed by atoms with Gasteiger partial charge in [0, 0.05) is 13.7 Å². The van der Waals surface area contributed by atoms with Gasteiger partial charge in [0.15, 0.2) is 0 Å². The second-order valence-electron chi connectivity index (χ2n) is 5.25. The van der Waals surface area contributed by atoms with E-state index < -0.39 is 11.6 Å². The van der Waals surface area contributed by atoms with Crippen LogP contribution in [-0.2, 0) is 14.3 Å². The molecule has 0 bridgehead atoms. The zero-order chi connectivity index (χ0) is 13.1. The smallest absolute Gasteiger partial charge is 0.323 e. The van der Waals surface area contributed by atoms with Crippen molar-refractivity contribution in [1.29, 1.82) is 0 Å². The summed E-state index contributed by atoms with van der Waals surface area (Å²) in [5.41, 5.74) is -0.544. The predicted molar refractivity (Wildman–Crippen MR) is 62.6 cm³/mol. The molecule has 0 aliphatic heterocycles. The second-order valence-corrected chi connectivity index (χ2v) is 5.25. The van der Waals surface area contributed by atoms with E-state index in [9.17, 15) is 9.59 Å². The third-order valence-electron chi connectivity index (χ3n) is 2.98. The lowest BCUT2D eigenvalue weighted by atomic mass is 10.0. The highest BCUT2D eigenvalue weighted by molar-refractivity contribution is 5.82. The molecule has 0 heterocycles. The summed E-state index contributed by atoms with van der Waals surface area (Å²) in [5, 5.41) is 8.80. The van der Waals surface area contributed by atoms with Crippen LogP contribution in [0.3, 0.4) is 0 Å². The van der Waals surface area contributed by atoms with Crippen LogP contribution in [0.5, 0.6) is 0 Å². The van der Waals surface area contributed by atoms with Crippen molar-refractivity contribution in [2.75, 3.05) is 20.2 Å². The molecule has 1 aliphatic carbocycles. The van der Waals surface area contributed by atoms with E-state index in [2.05, 4.69) is 0 Å². The third-order valence-corrected chi connectivity index (χ3v) is 2.98. The van der Waals surface area contributed by atoms with Crippen LogP contribution >= 0.6 is 0 Å². The van der Waals surface area contributed by atoms with E-state index in [0.29, 0.717) is 12.5 Å². The number of hydrogen-bond acceptors (Lipinski definition) is 3. The van der Waals surface area contributed by atoms with Crippen molar-refractivity contribution in [1.82, 2.24) is 4.90 Å². The first-order valence-electron chi connectivity index (χ1n) is 5.89. The van der Waals surface area contributed by atoms with Gasteiger partial charge in [-0.25, -0.2) is 0 Å². The summed E-state index contributed by atoms with van der Waals surface area (Å²) in [6.45, 7) is 3.99. The van der Waals surface area contributed by atoms with Crippen LogP contribution in [0.1, 0.15) is 33.1 Å². The molecular formula is C12H21NO4. The Morgan fingerprint density at radius 1 is 1.41 bits per heavy atom. The summed E-state index contributed by atoms with van der Waals surface area (Å²) < 4.78 is 5.19. The van der Waals surface area contributed by atoms with Gasteiger partial charge < -0.3 is 14.7 Å². The number of rotatable bonds is 7. The molecule has 0 radical (unpaired) electrons.